The molecule has 86 valence electrons. The molecular formula is C13H17ClN2. The van der Waals surface area contributed by atoms with Gasteiger partial charge in [-0.25, -0.2) is 4.98 Å². The first kappa shape index (κ1) is 11.5. The van der Waals surface area contributed by atoms with Crippen molar-refractivity contribution in [2.45, 2.75) is 26.1 Å². The summed E-state index contributed by atoms with van der Waals surface area (Å²) < 4.78 is 2.17. The minimum absolute atomic E-state index is 0.556. The molecule has 0 aliphatic rings. The Balaban J connectivity index is 2.50. The highest BCUT2D eigenvalue weighted by atomic mass is 35.5. The Morgan fingerprint density at radius 2 is 2.12 bits per heavy atom. The topological polar surface area (TPSA) is 17.8 Å². The number of imidazole rings is 1. The SMILES string of the molecule is CC(C)Cc1nc2ccc(CCl)cc2n1C. The van der Waals surface area contributed by atoms with Gasteiger partial charge in [0.05, 0.1) is 11.0 Å². The van der Waals surface area contributed by atoms with Crippen molar-refractivity contribution >= 4 is 22.6 Å². The van der Waals surface area contributed by atoms with Crippen LogP contribution in [0.25, 0.3) is 11.0 Å². The van der Waals surface area contributed by atoms with Crippen LogP contribution < -0.4 is 0 Å². The van der Waals surface area contributed by atoms with Crippen LogP contribution in [0.1, 0.15) is 25.2 Å². The fraction of sp³-hybridized carbons (Fsp3) is 0.462. The maximum atomic E-state index is 5.84. The third-order valence-corrected chi connectivity index (χ3v) is 3.09. The molecule has 0 unspecified atom stereocenters. The molecule has 16 heavy (non-hydrogen) atoms. The van der Waals surface area contributed by atoms with Crippen LogP contribution in [0.4, 0.5) is 0 Å². The van der Waals surface area contributed by atoms with E-state index in [9.17, 15) is 0 Å². The third kappa shape index (κ3) is 2.07. The Bertz CT molecular complexity index is 500. The van der Waals surface area contributed by atoms with Gasteiger partial charge in [0.15, 0.2) is 0 Å². The largest absolute Gasteiger partial charge is 0.331 e. The first-order valence-electron chi connectivity index (χ1n) is 5.62. The van der Waals surface area contributed by atoms with E-state index in [1.54, 1.807) is 0 Å². The average Bonchev–Trinajstić information content (AvgIpc) is 2.55. The summed E-state index contributed by atoms with van der Waals surface area (Å²) in [5, 5.41) is 0. The van der Waals surface area contributed by atoms with E-state index in [1.807, 2.05) is 6.07 Å². The molecule has 0 amide bonds. The molecule has 1 aromatic carbocycles. The molecular weight excluding hydrogens is 220 g/mol. The van der Waals surface area contributed by atoms with Crippen LogP contribution >= 0.6 is 11.6 Å². The summed E-state index contributed by atoms with van der Waals surface area (Å²) in [7, 11) is 2.07. The minimum atomic E-state index is 0.556. The number of aryl methyl sites for hydroxylation is 1. The number of hydrogen-bond donors (Lipinski definition) is 0. The summed E-state index contributed by atoms with van der Waals surface area (Å²) in [6.07, 6.45) is 1.02. The zero-order valence-corrected chi connectivity index (χ0v) is 10.8. The quantitative estimate of drug-likeness (QED) is 0.746. The molecule has 2 rings (SSSR count). The molecule has 0 fully saturated rings. The van der Waals surface area contributed by atoms with Gasteiger partial charge in [0.2, 0.25) is 0 Å². The number of fused-ring (bicyclic) bond motifs is 1. The standard InChI is InChI=1S/C13H17ClN2/c1-9(2)6-13-15-11-5-4-10(8-14)7-12(11)16(13)3/h4-5,7,9H,6,8H2,1-3H3. The molecule has 0 N–H and O–H groups in total. The van der Waals surface area contributed by atoms with Gasteiger partial charge in [-0.1, -0.05) is 19.9 Å². The molecule has 2 aromatic rings. The van der Waals surface area contributed by atoms with Crippen LogP contribution in [0.2, 0.25) is 0 Å². The van der Waals surface area contributed by atoms with E-state index in [0.29, 0.717) is 11.8 Å². The van der Waals surface area contributed by atoms with Crippen LogP contribution in [-0.4, -0.2) is 9.55 Å². The van der Waals surface area contributed by atoms with Gasteiger partial charge in [0, 0.05) is 19.3 Å². The first-order chi connectivity index (χ1) is 7.61. The predicted octanol–water partition coefficient (Wildman–Crippen LogP) is 3.51. The van der Waals surface area contributed by atoms with E-state index >= 15 is 0 Å². The predicted molar refractivity (Wildman–Crippen MR) is 68.8 cm³/mol. The first-order valence-corrected chi connectivity index (χ1v) is 6.15. The van der Waals surface area contributed by atoms with Crippen molar-refractivity contribution in [3.63, 3.8) is 0 Å². The smallest absolute Gasteiger partial charge is 0.109 e. The van der Waals surface area contributed by atoms with Crippen molar-refractivity contribution in [2.24, 2.45) is 13.0 Å². The molecule has 0 spiro atoms. The number of hydrogen-bond acceptors (Lipinski definition) is 1. The van der Waals surface area contributed by atoms with Crippen molar-refractivity contribution < 1.29 is 0 Å². The van der Waals surface area contributed by atoms with E-state index in [4.69, 9.17) is 11.6 Å². The van der Waals surface area contributed by atoms with Gasteiger partial charge >= 0.3 is 0 Å². The number of benzene rings is 1. The Morgan fingerprint density at radius 3 is 2.75 bits per heavy atom. The molecule has 1 heterocycles. The second kappa shape index (κ2) is 4.46. The van der Waals surface area contributed by atoms with Gasteiger partial charge in [-0.15, -0.1) is 11.6 Å². The summed E-state index contributed by atoms with van der Waals surface area (Å²) in [6.45, 7) is 4.42. The van der Waals surface area contributed by atoms with Crippen LogP contribution in [0, 0.1) is 5.92 Å². The molecule has 0 atom stereocenters. The lowest BCUT2D eigenvalue weighted by atomic mass is 10.1. The Kier molecular flexibility index (Phi) is 3.20. The zero-order chi connectivity index (χ0) is 11.7. The lowest BCUT2D eigenvalue weighted by molar-refractivity contribution is 0.606. The molecule has 0 aliphatic heterocycles. The zero-order valence-electron chi connectivity index (χ0n) is 10.00. The minimum Gasteiger partial charge on any atom is -0.331 e. The van der Waals surface area contributed by atoms with Crippen LogP contribution in [0.3, 0.4) is 0 Å². The second-order valence-corrected chi connectivity index (χ2v) is 4.91. The number of halogens is 1. The fourth-order valence-electron chi connectivity index (χ4n) is 1.92. The summed E-state index contributed by atoms with van der Waals surface area (Å²) in [4.78, 5) is 4.65. The van der Waals surface area contributed by atoms with E-state index < -0.39 is 0 Å². The fourth-order valence-corrected chi connectivity index (χ4v) is 2.08. The van der Waals surface area contributed by atoms with Crippen molar-refractivity contribution in [3.8, 4) is 0 Å². The van der Waals surface area contributed by atoms with Crippen molar-refractivity contribution in [1.29, 1.82) is 0 Å². The lowest BCUT2D eigenvalue weighted by Gasteiger charge is -2.04. The third-order valence-electron chi connectivity index (χ3n) is 2.78. The maximum absolute atomic E-state index is 5.84. The second-order valence-electron chi connectivity index (χ2n) is 4.64. The van der Waals surface area contributed by atoms with E-state index in [2.05, 4.69) is 42.6 Å². The highest BCUT2D eigenvalue weighted by Crippen LogP contribution is 2.19. The molecule has 3 heteroatoms. The normalized spacial score (nSPS) is 11.6. The Labute approximate surface area is 101 Å². The molecule has 0 saturated carbocycles. The molecule has 0 saturated heterocycles. The summed E-state index contributed by atoms with van der Waals surface area (Å²) in [5.74, 6) is 2.33. The van der Waals surface area contributed by atoms with E-state index in [1.165, 1.54) is 5.52 Å². The van der Waals surface area contributed by atoms with E-state index in [0.717, 1.165) is 23.3 Å². The summed E-state index contributed by atoms with van der Waals surface area (Å²) >= 11 is 5.84. The molecule has 1 aromatic heterocycles. The monoisotopic (exact) mass is 236 g/mol. The molecule has 2 nitrogen and oxygen atoms in total. The van der Waals surface area contributed by atoms with Crippen LogP contribution in [0.15, 0.2) is 18.2 Å². The van der Waals surface area contributed by atoms with E-state index in [-0.39, 0.29) is 0 Å². The van der Waals surface area contributed by atoms with Crippen LogP contribution in [0.5, 0.6) is 0 Å². The van der Waals surface area contributed by atoms with Crippen molar-refractivity contribution in [2.75, 3.05) is 0 Å². The van der Waals surface area contributed by atoms with Gasteiger partial charge in [0.25, 0.3) is 0 Å². The number of aromatic nitrogens is 2. The molecule has 0 radical (unpaired) electrons. The Morgan fingerprint density at radius 1 is 1.38 bits per heavy atom. The number of nitrogens with zero attached hydrogens (tertiary/aromatic N) is 2. The average molecular weight is 237 g/mol. The summed E-state index contributed by atoms with van der Waals surface area (Å²) in [6, 6.07) is 6.22. The highest BCUT2D eigenvalue weighted by Gasteiger charge is 2.09. The van der Waals surface area contributed by atoms with Gasteiger partial charge in [-0.05, 0) is 23.6 Å². The van der Waals surface area contributed by atoms with Gasteiger partial charge in [0.1, 0.15) is 5.82 Å². The van der Waals surface area contributed by atoms with Crippen molar-refractivity contribution in [1.82, 2.24) is 9.55 Å². The lowest BCUT2D eigenvalue weighted by Crippen LogP contribution is -2.02. The van der Waals surface area contributed by atoms with Gasteiger partial charge in [-0.3, -0.25) is 0 Å². The number of alkyl halides is 1. The Hall–Kier alpha value is -1.02. The highest BCUT2D eigenvalue weighted by molar-refractivity contribution is 6.17. The van der Waals surface area contributed by atoms with Gasteiger partial charge < -0.3 is 4.57 Å². The molecule has 0 aliphatic carbocycles. The van der Waals surface area contributed by atoms with Crippen LogP contribution in [-0.2, 0) is 19.3 Å². The summed E-state index contributed by atoms with van der Waals surface area (Å²) in [5.41, 5.74) is 3.38. The molecule has 0 bridgehead atoms. The number of rotatable bonds is 3. The van der Waals surface area contributed by atoms with Gasteiger partial charge in [-0.2, -0.15) is 0 Å². The maximum Gasteiger partial charge on any atom is 0.109 e. The van der Waals surface area contributed by atoms with Crippen molar-refractivity contribution in [3.05, 3.63) is 29.6 Å².